The Hall–Kier alpha value is -1.57. The number of ether oxygens (including phenoxy) is 1. The van der Waals surface area contributed by atoms with Crippen LogP contribution in [-0.4, -0.2) is 12.1 Å². The van der Waals surface area contributed by atoms with Gasteiger partial charge in [-0.15, -0.1) is 0 Å². The second-order valence-electron chi connectivity index (χ2n) is 3.31. The summed E-state index contributed by atoms with van der Waals surface area (Å²) in [7, 11) is 1.64. The number of allylic oxidation sites excluding steroid dienone is 4. The van der Waals surface area contributed by atoms with Gasteiger partial charge in [-0.05, 0) is 12.5 Å². The van der Waals surface area contributed by atoms with Crippen LogP contribution in [0.5, 0.6) is 5.88 Å². The SMILES string of the molecule is COc1cccc(CC2=CC=CC2)n1. The highest BCUT2D eigenvalue weighted by Crippen LogP contribution is 2.16. The van der Waals surface area contributed by atoms with Crippen molar-refractivity contribution in [3.05, 3.63) is 47.7 Å². The molecular formula is C12H13NO. The van der Waals surface area contributed by atoms with Crippen molar-refractivity contribution in [1.29, 1.82) is 0 Å². The van der Waals surface area contributed by atoms with Gasteiger partial charge >= 0.3 is 0 Å². The van der Waals surface area contributed by atoms with Gasteiger partial charge in [-0.2, -0.15) is 0 Å². The molecule has 0 aromatic carbocycles. The minimum Gasteiger partial charge on any atom is -0.481 e. The van der Waals surface area contributed by atoms with Crippen molar-refractivity contribution >= 4 is 0 Å². The first-order valence-electron chi connectivity index (χ1n) is 4.73. The maximum atomic E-state index is 5.07. The zero-order valence-electron chi connectivity index (χ0n) is 8.23. The summed E-state index contributed by atoms with van der Waals surface area (Å²) in [6.07, 6.45) is 8.38. The van der Waals surface area contributed by atoms with Crippen molar-refractivity contribution in [2.75, 3.05) is 7.11 Å². The first kappa shape index (κ1) is 9.00. The Morgan fingerprint density at radius 3 is 3.07 bits per heavy atom. The van der Waals surface area contributed by atoms with Crippen LogP contribution in [0.15, 0.2) is 42.0 Å². The van der Waals surface area contributed by atoms with Gasteiger partial charge in [0.2, 0.25) is 5.88 Å². The van der Waals surface area contributed by atoms with Gasteiger partial charge in [0.25, 0.3) is 0 Å². The molecule has 72 valence electrons. The maximum absolute atomic E-state index is 5.07. The molecule has 0 saturated heterocycles. The van der Waals surface area contributed by atoms with E-state index in [0.29, 0.717) is 5.88 Å². The molecule has 2 rings (SSSR count). The third-order valence-corrected chi connectivity index (χ3v) is 2.25. The summed E-state index contributed by atoms with van der Waals surface area (Å²) >= 11 is 0. The molecular weight excluding hydrogens is 174 g/mol. The second kappa shape index (κ2) is 4.09. The Morgan fingerprint density at radius 1 is 1.43 bits per heavy atom. The zero-order valence-corrected chi connectivity index (χ0v) is 8.23. The van der Waals surface area contributed by atoms with Crippen LogP contribution < -0.4 is 4.74 Å². The van der Waals surface area contributed by atoms with Crippen LogP contribution in [0.4, 0.5) is 0 Å². The fourth-order valence-corrected chi connectivity index (χ4v) is 1.53. The van der Waals surface area contributed by atoms with Gasteiger partial charge in [0, 0.05) is 18.2 Å². The molecule has 0 N–H and O–H groups in total. The lowest BCUT2D eigenvalue weighted by molar-refractivity contribution is 0.396. The number of hydrogen-bond donors (Lipinski definition) is 0. The molecule has 0 atom stereocenters. The Morgan fingerprint density at radius 2 is 2.36 bits per heavy atom. The largest absolute Gasteiger partial charge is 0.481 e. The van der Waals surface area contributed by atoms with Crippen molar-refractivity contribution in [3.8, 4) is 5.88 Å². The fraction of sp³-hybridized carbons (Fsp3) is 0.250. The molecule has 0 bridgehead atoms. The van der Waals surface area contributed by atoms with Gasteiger partial charge in [-0.1, -0.05) is 29.9 Å². The lowest BCUT2D eigenvalue weighted by Crippen LogP contribution is -1.94. The van der Waals surface area contributed by atoms with E-state index in [1.165, 1.54) is 5.57 Å². The van der Waals surface area contributed by atoms with Crippen molar-refractivity contribution in [3.63, 3.8) is 0 Å². The molecule has 1 aromatic rings. The summed E-state index contributed by atoms with van der Waals surface area (Å²) < 4.78 is 5.07. The molecule has 0 aliphatic heterocycles. The summed E-state index contributed by atoms with van der Waals surface area (Å²) in [5.74, 6) is 0.689. The molecule has 0 saturated carbocycles. The predicted molar refractivity (Wildman–Crippen MR) is 56.3 cm³/mol. The molecule has 2 nitrogen and oxygen atoms in total. The molecule has 1 aliphatic carbocycles. The van der Waals surface area contributed by atoms with Crippen LogP contribution in [-0.2, 0) is 6.42 Å². The molecule has 0 amide bonds. The molecule has 0 radical (unpaired) electrons. The minimum absolute atomic E-state index is 0.689. The Kier molecular flexibility index (Phi) is 2.63. The highest BCUT2D eigenvalue weighted by molar-refractivity contribution is 5.28. The van der Waals surface area contributed by atoms with E-state index in [1.54, 1.807) is 7.11 Å². The number of hydrogen-bond acceptors (Lipinski definition) is 2. The van der Waals surface area contributed by atoms with E-state index in [0.717, 1.165) is 18.5 Å². The van der Waals surface area contributed by atoms with E-state index in [1.807, 2.05) is 18.2 Å². The highest BCUT2D eigenvalue weighted by atomic mass is 16.5. The van der Waals surface area contributed by atoms with Gasteiger partial charge in [0.1, 0.15) is 0 Å². The highest BCUT2D eigenvalue weighted by Gasteiger charge is 2.03. The average molecular weight is 187 g/mol. The topological polar surface area (TPSA) is 22.1 Å². The van der Waals surface area contributed by atoms with E-state index in [4.69, 9.17) is 4.74 Å². The lowest BCUT2D eigenvalue weighted by atomic mass is 10.1. The normalized spacial score (nSPS) is 14.2. The van der Waals surface area contributed by atoms with Crippen LogP contribution in [0.2, 0.25) is 0 Å². The van der Waals surface area contributed by atoms with Crippen molar-refractivity contribution in [1.82, 2.24) is 4.98 Å². The third-order valence-electron chi connectivity index (χ3n) is 2.25. The van der Waals surface area contributed by atoms with Crippen LogP contribution >= 0.6 is 0 Å². The molecule has 0 unspecified atom stereocenters. The van der Waals surface area contributed by atoms with Crippen molar-refractivity contribution in [2.24, 2.45) is 0 Å². The van der Waals surface area contributed by atoms with Gasteiger partial charge in [0.05, 0.1) is 7.11 Å². The molecule has 1 aliphatic rings. The van der Waals surface area contributed by atoms with E-state index in [2.05, 4.69) is 23.2 Å². The summed E-state index contributed by atoms with van der Waals surface area (Å²) in [6.45, 7) is 0. The third kappa shape index (κ3) is 2.02. The average Bonchev–Trinajstić information content (AvgIpc) is 2.71. The standard InChI is InChI=1S/C12H13NO/c1-14-12-8-4-7-11(13-12)9-10-5-2-3-6-10/h2-5,7-8H,6,9H2,1H3. The minimum atomic E-state index is 0.689. The lowest BCUT2D eigenvalue weighted by Gasteiger charge is -2.03. The van der Waals surface area contributed by atoms with Crippen molar-refractivity contribution < 1.29 is 4.74 Å². The molecule has 0 spiro atoms. The molecule has 14 heavy (non-hydrogen) atoms. The second-order valence-corrected chi connectivity index (χ2v) is 3.31. The molecule has 2 heteroatoms. The summed E-state index contributed by atoms with van der Waals surface area (Å²) in [4.78, 5) is 4.36. The zero-order chi connectivity index (χ0) is 9.80. The van der Waals surface area contributed by atoms with Gasteiger partial charge in [0.15, 0.2) is 0 Å². The van der Waals surface area contributed by atoms with E-state index < -0.39 is 0 Å². The summed E-state index contributed by atoms with van der Waals surface area (Å²) in [6, 6.07) is 5.87. The van der Waals surface area contributed by atoms with E-state index >= 15 is 0 Å². The van der Waals surface area contributed by atoms with Gasteiger partial charge in [-0.3, -0.25) is 0 Å². The Bertz CT molecular complexity index is 380. The summed E-state index contributed by atoms with van der Waals surface area (Å²) in [5, 5.41) is 0. The monoisotopic (exact) mass is 187 g/mol. The molecule has 1 aromatic heterocycles. The van der Waals surface area contributed by atoms with E-state index in [9.17, 15) is 0 Å². The van der Waals surface area contributed by atoms with Crippen LogP contribution in [0.25, 0.3) is 0 Å². The number of aromatic nitrogens is 1. The summed E-state index contributed by atoms with van der Waals surface area (Å²) in [5.41, 5.74) is 2.48. The molecule has 0 fully saturated rings. The van der Waals surface area contributed by atoms with Crippen LogP contribution in [0, 0.1) is 0 Å². The Labute approximate surface area is 83.9 Å². The van der Waals surface area contributed by atoms with Gasteiger partial charge in [-0.25, -0.2) is 4.98 Å². The first-order valence-corrected chi connectivity index (χ1v) is 4.73. The molecule has 1 heterocycles. The quantitative estimate of drug-likeness (QED) is 0.725. The predicted octanol–water partition coefficient (Wildman–Crippen LogP) is 2.52. The fourth-order valence-electron chi connectivity index (χ4n) is 1.53. The van der Waals surface area contributed by atoms with Crippen LogP contribution in [0.1, 0.15) is 12.1 Å². The number of rotatable bonds is 3. The Balaban J connectivity index is 2.09. The maximum Gasteiger partial charge on any atom is 0.213 e. The van der Waals surface area contributed by atoms with E-state index in [-0.39, 0.29) is 0 Å². The van der Waals surface area contributed by atoms with Crippen molar-refractivity contribution in [2.45, 2.75) is 12.8 Å². The number of methoxy groups -OCH3 is 1. The van der Waals surface area contributed by atoms with Gasteiger partial charge < -0.3 is 4.74 Å². The first-order chi connectivity index (χ1) is 6.88. The van der Waals surface area contributed by atoms with Crippen LogP contribution in [0.3, 0.4) is 0 Å². The number of pyridine rings is 1. The number of nitrogens with zero attached hydrogens (tertiary/aromatic N) is 1. The smallest absolute Gasteiger partial charge is 0.213 e.